The maximum absolute atomic E-state index is 13.5. The van der Waals surface area contributed by atoms with Crippen LogP contribution >= 0.6 is 0 Å². The molecule has 1 N–H and O–H groups in total. The van der Waals surface area contributed by atoms with Crippen molar-refractivity contribution >= 4 is 11.9 Å². The van der Waals surface area contributed by atoms with Crippen LogP contribution in [0.3, 0.4) is 0 Å². The average Bonchev–Trinajstić information content (AvgIpc) is 3.38. The number of aromatic nitrogens is 2. The Morgan fingerprint density at radius 1 is 1.18 bits per heavy atom. The highest BCUT2D eigenvalue weighted by Gasteiger charge is 2.58. The van der Waals surface area contributed by atoms with Crippen LogP contribution in [-0.4, -0.2) is 57.2 Å². The van der Waals surface area contributed by atoms with Gasteiger partial charge in [0.15, 0.2) is 0 Å². The monoisotopic (exact) mass is 455 g/mol. The predicted molar refractivity (Wildman–Crippen MR) is 118 cm³/mol. The van der Waals surface area contributed by atoms with Gasteiger partial charge in [0.2, 0.25) is 11.7 Å². The van der Waals surface area contributed by atoms with Crippen LogP contribution < -0.4 is 5.32 Å². The van der Waals surface area contributed by atoms with E-state index in [0.717, 1.165) is 38.6 Å². The Hall–Kier alpha value is -2.81. The van der Waals surface area contributed by atoms with E-state index < -0.39 is 5.54 Å². The summed E-state index contributed by atoms with van der Waals surface area (Å²) in [6.07, 6.45) is 4.74. The van der Waals surface area contributed by atoms with Crippen LogP contribution in [-0.2, 0) is 4.79 Å². The molecule has 2 saturated heterocycles. The molecule has 3 heterocycles. The van der Waals surface area contributed by atoms with E-state index in [2.05, 4.69) is 34.2 Å². The minimum absolute atomic E-state index is 0.00388. The Bertz CT molecular complexity index is 1050. The van der Waals surface area contributed by atoms with E-state index >= 15 is 0 Å². The van der Waals surface area contributed by atoms with Crippen molar-refractivity contribution < 1.29 is 18.5 Å². The number of imide groups is 1. The second-order valence-electron chi connectivity index (χ2n) is 9.79. The lowest BCUT2D eigenvalue weighted by atomic mass is 9.67. The standard InChI is InChI=1S/C24H30FN5O3/c1-15-6-3-7-16(2)24(15)22(31)30(23(32)27-24)14-29-11-5-9-18(13-29)21-26-20(28-33-21)17-8-4-10-19(25)12-17/h4,8,10,12,15-16,18H,3,5-7,9,11,13-14H2,1-2H3,(H,27,32)/t15-,16-,18-/m1/s1. The zero-order chi connectivity index (χ0) is 23.2. The fourth-order valence-corrected chi connectivity index (χ4v) is 5.81. The minimum atomic E-state index is -0.781. The molecule has 0 bridgehead atoms. The van der Waals surface area contributed by atoms with Crippen LogP contribution in [0.1, 0.15) is 57.8 Å². The molecule has 1 aromatic carbocycles. The molecule has 3 aliphatic rings. The number of benzene rings is 1. The Morgan fingerprint density at radius 2 is 1.97 bits per heavy atom. The second-order valence-corrected chi connectivity index (χ2v) is 9.79. The lowest BCUT2D eigenvalue weighted by Gasteiger charge is -2.42. The molecule has 5 rings (SSSR count). The molecule has 1 spiro atoms. The summed E-state index contributed by atoms with van der Waals surface area (Å²) in [5.41, 5.74) is -0.213. The molecule has 8 nitrogen and oxygen atoms in total. The SMILES string of the molecule is C[C@@H]1CCC[C@@H](C)C12NC(=O)N(CN1CCC[C@@H](c3nc(-c4cccc(F)c4)no3)C1)C2=O. The largest absolute Gasteiger partial charge is 0.339 e. The Morgan fingerprint density at radius 3 is 2.73 bits per heavy atom. The number of carbonyl (C=O) groups is 2. The number of carbonyl (C=O) groups excluding carboxylic acids is 2. The molecular weight excluding hydrogens is 425 g/mol. The summed E-state index contributed by atoms with van der Waals surface area (Å²) in [5, 5.41) is 7.10. The average molecular weight is 456 g/mol. The normalized spacial score (nSPS) is 27.8. The third kappa shape index (κ3) is 3.82. The highest BCUT2D eigenvalue weighted by molar-refractivity contribution is 6.07. The quantitative estimate of drug-likeness (QED) is 0.706. The van der Waals surface area contributed by atoms with Gasteiger partial charge in [-0.15, -0.1) is 0 Å². The number of nitrogens with one attached hydrogen (secondary N) is 1. The van der Waals surface area contributed by atoms with Crippen molar-refractivity contribution in [3.63, 3.8) is 0 Å². The first-order valence-corrected chi connectivity index (χ1v) is 11.8. The topological polar surface area (TPSA) is 91.6 Å². The molecule has 2 aliphatic heterocycles. The summed E-state index contributed by atoms with van der Waals surface area (Å²) in [6, 6.07) is 5.81. The number of amides is 3. The molecule has 1 aliphatic carbocycles. The van der Waals surface area contributed by atoms with Crippen LogP contribution in [0.25, 0.3) is 11.4 Å². The summed E-state index contributed by atoms with van der Waals surface area (Å²) in [7, 11) is 0. The van der Waals surface area contributed by atoms with Gasteiger partial charge in [-0.05, 0) is 56.2 Å². The lowest BCUT2D eigenvalue weighted by molar-refractivity contribution is -0.138. The summed E-state index contributed by atoms with van der Waals surface area (Å²) in [6.45, 7) is 5.80. The fourth-order valence-electron chi connectivity index (χ4n) is 5.81. The van der Waals surface area contributed by atoms with Crippen LogP contribution in [0.4, 0.5) is 9.18 Å². The summed E-state index contributed by atoms with van der Waals surface area (Å²) in [4.78, 5) is 34.3. The van der Waals surface area contributed by atoms with E-state index in [1.54, 1.807) is 12.1 Å². The van der Waals surface area contributed by atoms with Gasteiger partial charge in [-0.25, -0.2) is 14.1 Å². The molecule has 1 saturated carbocycles. The predicted octanol–water partition coefficient (Wildman–Crippen LogP) is 3.76. The van der Waals surface area contributed by atoms with Gasteiger partial charge >= 0.3 is 6.03 Å². The van der Waals surface area contributed by atoms with Gasteiger partial charge in [-0.1, -0.05) is 37.6 Å². The van der Waals surface area contributed by atoms with E-state index in [1.807, 2.05) is 0 Å². The Labute approximate surface area is 192 Å². The molecule has 9 heteroatoms. The third-order valence-electron chi connectivity index (χ3n) is 7.71. The highest BCUT2D eigenvalue weighted by atomic mass is 19.1. The van der Waals surface area contributed by atoms with Crippen molar-refractivity contribution in [2.45, 2.75) is 57.4 Å². The number of hydrogen-bond donors (Lipinski definition) is 1. The van der Waals surface area contributed by atoms with Gasteiger partial charge < -0.3 is 9.84 Å². The van der Waals surface area contributed by atoms with Crippen LogP contribution in [0, 0.1) is 17.7 Å². The fraction of sp³-hybridized carbons (Fsp3) is 0.583. The number of urea groups is 1. The summed E-state index contributed by atoms with van der Waals surface area (Å²) >= 11 is 0. The highest BCUT2D eigenvalue weighted by Crippen LogP contribution is 2.42. The van der Waals surface area contributed by atoms with E-state index in [-0.39, 0.29) is 42.2 Å². The zero-order valence-electron chi connectivity index (χ0n) is 19.1. The van der Waals surface area contributed by atoms with E-state index in [9.17, 15) is 14.0 Å². The van der Waals surface area contributed by atoms with Gasteiger partial charge in [0.05, 0.1) is 12.6 Å². The number of nitrogens with zero attached hydrogens (tertiary/aromatic N) is 4. The van der Waals surface area contributed by atoms with Gasteiger partial charge in [0, 0.05) is 12.1 Å². The number of rotatable bonds is 4. The van der Waals surface area contributed by atoms with Crippen molar-refractivity contribution in [1.82, 2.24) is 25.3 Å². The van der Waals surface area contributed by atoms with Crippen LogP contribution in [0.15, 0.2) is 28.8 Å². The molecule has 33 heavy (non-hydrogen) atoms. The van der Waals surface area contributed by atoms with Gasteiger partial charge in [-0.3, -0.25) is 9.69 Å². The van der Waals surface area contributed by atoms with Crippen molar-refractivity contribution in [1.29, 1.82) is 0 Å². The van der Waals surface area contributed by atoms with Crippen molar-refractivity contribution in [3.05, 3.63) is 36.0 Å². The molecule has 3 fully saturated rings. The molecule has 1 aromatic heterocycles. The zero-order valence-corrected chi connectivity index (χ0v) is 19.1. The summed E-state index contributed by atoms with van der Waals surface area (Å²) in [5.74, 6) is 0.653. The molecule has 0 unspecified atom stereocenters. The van der Waals surface area contributed by atoms with Crippen molar-refractivity contribution in [2.24, 2.45) is 11.8 Å². The molecule has 3 amide bonds. The van der Waals surface area contributed by atoms with Gasteiger partial charge in [0.25, 0.3) is 5.91 Å². The van der Waals surface area contributed by atoms with E-state index in [1.165, 1.54) is 17.0 Å². The smallest absolute Gasteiger partial charge is 0.326 e. The van der Waals surface area contributed by atoms with Gasteiger partial charge in [0.1, 0.15) is 11.4 Å². The van der Waals surface area contributed by atoms with E-state index in [0.29, 0.717) is 23.8 Å². The molecule has 0 radical (unpaired) electrons. The first-order chi connectivity index (χ1) is 15.9. The molecular formula is C24H30FN5O3. The number of halogens is 1. The Kier molecular flexibility index (Phi) is 5.68. The van der Waals surface area contributed by atoms with Gasteiger partial charge in [-0.2, -0.15) is 4.98 Å². The first-order valence-electron chi connectivity index (χ1n) is 11.8. The van der Waals surface area contributed by atoms with E-state index in [4.69, 9.17) is 4.52 Å². The lowest BCUT2D eigenvalue weighted by Crippen LogP contribution is -2.59. The third-order valence-corrected chi connectivity index (χ3v) is 7.71. The maximum Gasteiger partial charge on any atom is 0.326 e. The van der Waals surface area contributed by atoms with Crippen LogP contribution in [0.5, 0.6) is 0 Å². The molecule has 176 valence electrons. The molecule has 3 atom stereocenters. The minimum Gasteiger partial charge on any atom is -0.339 e. The Balaban J connectivity index is 1.28. The molecule has 2 aromatic rings. The summed E-state index contributed by atoms with van der Waals surface area (Å²) < 4.78 is 19.1. The van der Waals surface area contributed by atoms with Crippen molar-refractivity contribution in [3.8, 4) is 11.4 Å². The van der Waals surface area contributed by atoms with Crippen molar-refractivity contribution in [2.75, 3.05) is 19.8 Å². The number of likely N-dealkylation sites (tertiary alicyclic amines) is 1. The number of hydrogen-bond acceptors (Lipinski definition) is 6. The number of piperidine rings is 1. The first kappa shape index (κ1) is 22.0. The second kappa shape index (κ2) is 8.52. The van der Waals surface area contributed by atoms with Crippen LogP contribution in [0.2, 0.25) is 0 Å². The maximum atomic E-state index is 13.5.